The molecule has 0 saturated heterocycles. The van der Waals surface area contributed by atoms with Gasteiger partial charge in [0.1, 0.15) is 5.60 Å². The zero-order chi connectivity index (χ0) is 35.6. The van der Waals surface area contributed by atoms with E-state index in [1.54, 1.807) is 32.9 Å². The Morgan fingerprint density at radius 3 is 1.40 bits per heavy atom. The highest BCUT2D eigenvalue weighted by molar-refractivity contribution is 6.21. The second-order valence-corrected chi connectivity index (χ2v) is 10.3. The van der Waals surface area contributed by atoms with E-state index in [1.807, 2.05) is 13.8 Å². The third-order valence-corrected chi connectivity index (χ3v) is 5.82. The summed E-state index contributed by atoms with van der Waals surface area (Å²) in [5.74, 6) is -1.07. The maximum atomic E-state index is 12.3. The van der Waals surface area contributed by atoms with Crippen LogP contribution in [0, 0.1) is 40.5 Å². The summed E-state index contributed by atoms with van der Waals surface area (Å²) in [6, 6.07) is 12.5. The molecule has 248 valence electrons. The summed E-state index contributed by atoms with van der Waals surface area (Å²) in [6.45, 7) is 8.66. The molecule has 0 aliphatic carbocycles. The van der Waals surface area contributed by atoms with Crippen LogP contribution in [0.5, 0.6) is 0 Å². The van der Waals surface area contributed by atoms with E-state index in [0.717, 1.165) is 41.3 Å². The van der Waals surface area contributed by atoms with Crippen LogP contribution >= 0.6 is 0 Å². The van der Waals surface area contributed by atoms with Crippen molar-refractivity contribution in [1.82, 2.24) is 10.2 Å². The van der Waals surface area contributed by atoms with Crippen LogP contribution in [-0.2, 0) is 17.8 Å². The van der Waals surface area contributed by atoms with Crippen molar-refractivity contribution in [1.29, 1.82) is 0 Å². The van der Waals surface area contributed by atoms with Gasteiger partial charge in [-0.05, 0) is 44.0 Å². The Morgan fingerprint density at radius 2 is 1.06 bits per heavy atom. The van der Waals surface area contributed by atoms with Gasteiger partial charge in [-0.2, -0.15) is 0 Å². The molecule has 3 aromatic carbocycles. The van der Waals surface area contributed by atoms with Crippen molar-refractivity contribution in [2.75, 3.05) is 0 Å². The highest BCUT2D eigenvalue weighted by Crippen LogP contribution is 2.28. The van der Waals surface area contributed by atoms with Gasteiger partial charge in [-0.25, -0.2) is 4.79 Å². The third kappa shape index (κ3) is 10.1. The number of nitrogens with zero attached hydrogens (tertiary/aromatic N) is 5. The largest absolute Gasteiger partial charge is 0.444 e. The average molecular weight is 655 g/mol. The minimum Gasteiger partial charge on any atom is -0.444 e. The minimum absolute atomic E-state index is 0.114. The molecular weight excluding hydrogens is 624 g/mol. The summed E-state index contributed by atoms with van der Waals surface area (Å²) in [6.07, 6.45) is -0.711. The van der Waals surface area contributed by atoms with Crippen molar-refractivity contribution < 1.29 is 38.8 Å². The van der Waals surface area contributed by atoms with E-state index in [1.165, 1.54) is 12.1 Å². The van der Waals surface area contributed by atoms with Crippen LogP contribution in [-0.4, -0.2) is 48.1 Å². The van der Waals surface area contributed by atoms with Crippen molar-refractivity contribution in [3.8, 4) is 0 Å². The number of nitrogens with one attached hydrogen (secondary N) is 1. The van der Waals surface area contributed by atoms with Crippen molar-refractivity contribution in [3.05, 3.63) is 123 Å². The van der Waals surface area contributed by atoms with E-state index in [9.17, 15) is 54.8 Å². The van der Waals surface area contributed by atoms with E-state index in [-0.39, 0.29) is 35.3 Å². The van der Waals surface area contributed by atoms with Gasteiger partial charge in [0.25, 0.3) is 34.6 Å². The smallest absolute Gasteiger partial charge is 0.407 e. The minimum atomic E-state index is -0.765. The van der Waals surface area contributed by atoms with Crippen molar-refractivity contribution in [2.24, 2.45) is 0 Å². The van der Waals surface area contributed by atoms with Gasteiger partial charge < -0.3 is 10.1 Å². The first kappa shape index (κ1) is 36.9. The maximum absolute atomic E-state index is 12.3. The number of carbonyl (C=O) groups is 3. The molecule has 4 rings (SSSR count). The molecule has 0 atom stereocenters. The molecule has 3 aromatic rings. The monoisotopic (exact) mass is 654 g/mol. The number of imide groups is 1. The molecule has 18 nitrogen and oxygen atoms in total. The summed E-state index contributed by atoms with van der Waals surface area (Å²) >= 11 is 0. The van der Waals surface area contributed by atoms with E-state index in [0.29, 0.717) is 0 Å². The summed E-state index contributed by atoms with van der Waals surface area (Å²) in [4.78, 5) is 77.2. The molecule has 0 saturated carbocycles. The van der Waals surface area contributed by atoms with Gasteiger partial charge in [0, 0.05) is 30.8 Å². The summed E-state index contributed by atoms with van der Waals surface area (Å²) < 4.78 is 5.00. The molecule has 0 aromatic heterocycles. The molecule has 0 unspecified atom stereocenters. The quantitative estimate of drug-likeness (QED) is 0.170. The standard InChI is InChI=1S/C15H9N3O6.C12H15N3O6.C2H6/c19-14-12-3-1-2-4-13(12)15(20)16(14)8-9-5-10(17(21)22)7-11(6-9)18(23)24;1-12(2,3)21-11(16)13-7-8-4-9(14(17)18)6-10(5-8)15(19)20;1-2/h1-7H,8H2;4-6H,7H2,1-3H3,(H,13,16);1-2H3. The van der Waals surface area contributed by atoms with Gasteiger partial charge in [-0.1, -0.05) is 26.0 Å². The van der Waals surface area contributed by atoms with Crippen LogP contribution in [0.1, 0.15) is 66.5 Å². The average Bonchev–Trinajstić information content (AvgIpc) is 3.25. The van der Waals surface area contributed by atoms with Crippen LogP contribution in [0.25, 0.3) is 0 Å². The Bertz CT molecular complexity index is 1640. The van der Waals surface area contributed by atoms with Gasteiger partial charge in [0.05, 0.1) is 49.5 Å². The fourth-order valence-corrected chi connectivity index (χ4v) is 3.98. The molecule has 3 amide bonds. The predicted molar refractivity (Wildman–Crippen MR) is 165 cm³/mol. The Morgan fingerprint density at radius 1 is 0.702 bits per heavy atom. The topological polar surface area (TPSA) is 248 Å². The molecule has 1 heterocycles. The van der Waals surface area contributed by atoms with E-state index >= 15 is 0 Å². The Labute approximate surface area is 266 Å². The van der Waals surface area contributed by atoms with Crippen LogP contribution in [0.3, 0.4) is 0 Å². The van der Waals surface area contributed by atoms with Crippen LogP contribution < -0.4 is 5.32 Å². The molecule has 0 spiro atoms. The number of hydrogen-bond acceptors (Lipinski definition) is 12. The fourth-order valence-electron chi connectivity index (χ4n) is 3.98. The second kappa shape index (κ2) is 15.6. The first-order valence-corrected chi connectivity index (χ1v) is 13.7. The SMILES string of the molecule is CC.CC(C)(C)OC(=O)NCc1cc([N+](=O)[O-])cc([N+](=O)[O-])c1.O=C1c2ccccc2C(=O)N1Cc1cc([N+](=O)[O-])cc([N+](=O)[O-])c1. The molecular formula is C29H30N6O12. The highest BCUT2D eigenvalue weighted by Gasteiger charge is 2.35. The van der Waals surface area contributed by atoms with Crippen molar-refractivity contribution >= 4 is 40.7 Å². The van der Waals surface area contributed by atoms with Gasteiger partial charge in [0.15, 0.2) is 0 Å². The summed E-state index contributed by atoms with van der Waals surface area (Å²) in [5.41, 5.74) is -1.61. The lowest BCUT2D eigenvalue weighted by molar-refractivity contribution is -0.394. The highest BCUT2D eigenvalue weighted by atomic mass is 16.6. The molecule has 0 radical (unpaired) electrons. The molecule has 0 bridgehead atoms. The first-order chi connectivity index (χ1) is 22.0. The molecule has 0 fully saturated rings. The first-order valence-electron chi connectivity index (χ1n) is 13.7. The number of hydrogen-bond donors (Lipinski definition) is 1. The lowest BCUT2D eigenvalue weighted by atomic mass is 10.1. The van der Waals surface area contributed by atoms with Gasteiger partial charge in [0.2, 0.25) is 0 Å². The zero-order valence-corrected chi connectivity index (χ0v) is 25.8. The Kier molecular flexibility index (Phi) is 12.2. The number of nitro benzene ring substituents is 4. The molecule has 1 aliphatic rings. The van der Waals surface area contributed by atoms with E-state index < -0.39 is 66.0 Å². The summed E-state index contributed by atoms with van der Waals surface area (Å²) in [5, 5.41) is 45.6. The summed E-state index contributed by atoms with van der Waals surface area (Å²) in [7, 11) is 0. The Hall–Kier alpha value is -6.33. The number of carbonyl (C=O) groups excluding carboxylic acids is 3. The van der Waals surface area contributed by atoms with Gasteiger partial charge >= 0.3 is 6.09 Å². The van der Waals surface area contributed by atoms with Crippen molar-refractivity contribution in [3.63, 3.8) is 0 Å². The number of ether oxygens (including phenoxy) is 1. The number of alkyl carbamates (subject to hydrolysis) is 1. The van der Waals surface area contributed by atoms with Gasteiger partial charge in [-0.15, -0.1) is 0 Å². The second-order valence-electron chi connectivity index (χ2n) is 10.3. The lowest BCUT2D eigenvalue weighted by Crippen LogP contribution is -2.32. The number of non-ortho nitro benzene ring substituents is 4. The molecule has 1 aliphatic heterocycles. The third-order valence-electron chi connectivity index (χ3n) is 5.82. The lowest BCUT2D eigenvalue weighted by Gasteiger charge is -2.19. The molecule has 47 heavy (non-hydrogen) atoms. The van der Waals surface area contributed by atoms with Crippen LogP contribution in [0.4, 0.5) is 27.5 Å². The normalized spacial score (nSPS) is 11.6. The Balaban J connectivity index is 0.000000314. The van der Waals surface area contributed by atoms with E-state index in [4.69, 9.17) is 4.74 Å². The number of rotatable bonds is 8. The predicted octanol–water partition coefficient (Wildman–Crippen LogP) is 5.85. The van der Waals surface area contributed by atoms with Crippen LogP contribution in [0.15, 0.2) is 60.7 Å². The van der Waals surface area contributed by atoms with Gasteiger partial charge in [-0.3, -0.25) is 54.9 Å². The number of nitro groups is 4. The fraction of sp³-hybridized carbons (Fsp3) is 0.276. The number of benzene rings is 3. The van der Waals surface area contributed by atoms with Crippen molar-refractivity contribution in [2.45, 2.75) is 53.3 Å². The number of amides is 3. The maximum Gasteiger partial charge on any atom is 0.407 e. The molecule has 1 N–H and O–H groups in total. The van der Waals surface area contributed by atoms with E-state index in [2.05, 4.69) is 5.32 Å². The zero-order valence-electron chi connectivity index (χ0n) is 25.8. The number of fused-ring (bicyclic) bond motifs is 1. The van der Waals surface area contributed by atoms with Crippen LogP contribution in [0.2, 0.25) is 0 Å². The molecule has 18 heteroatoms.